The number of halogens is 1. The van der Waals surface area contributed by atoms with Crippen LogP contribution in [0.15, 0.2) is 42.6 Å². The molecule has 0 bridgehead atoms. The predicted molar refractivity (Wildman–Crippen MR) is 87.3 cm³/mol. The molecule has 2 aromatic rings. The molecule has 0 aliphatic heterocycles. The maximum Gasteiger partial charge on any atom is 0.344 e. The molecule has 0 atom stereocenters. The van der Waals surface area contributed by atoms with Gasteiger partial charge in [-0.15, -0.1) is 0 Å². The molecule has 1 aromatic heterocycles. The van der Waals surface area contributed by atoms with Gasteiger partial charge in [-0.2, -0.15) is 0 Å². The Hall–Kier alpha value is -2.80. The fourth-order valence-electron chi connectivity index (χ4n) is 1.69. The van der Waals surface area contributed by atoms with Gasteiger partial charge in [0.25, 0.3) is 5.91 Å². The number of hydrogen-bond donors (Lipinski definition) is 1. The Morgan fingerprint density at radius 3 is 2.54 bits per heavy atom. The van der Waals surface area contributed by atoms with E-state index in [0.29, 0.717) is 22.3 Å². The van der Waals surface area contributed by atoms with Gasteiger partial charge in [0.05, 0.1) is 12.1 Å². The lowest BCUT2D eigenvalue weighted by molar-refractivity contribution is -0.149. The van der Waals surface area contributed by atoms with E-state index in [1.807, 2.05) is 0 Å². The van der Waals surface area contributed by atoms with Gasteiger partial charge in [-0.3, -0.25) is 4.79 Å². The summed E-state index contributed by atoms with van der Waals surface area (Å²) in [6, 6.07) is 10.00. The van der Waals surface area contributed by atoms with Gasteiger partial charge in [0.2, 0.25) is 0 Å². The third kappa shape index (κ3) is 5.44. The van der Waals surface area contributed by atoms with E-state index in [1.54, 1.807) is 30.3 Å². The summed E-state index contributed by atoms with van der Waals surface area (Å²) in [7, 11) is 1.50. The molecule has 1 heterocycles. The number of rotatable bonds is 7. The number of carbonyl (C=O) groups excluding carboxylic acids is 2. The summed E-state index contributed by atoms with van der Waals surface area (Å²) in [4.78, 5) is 27.2. The number of ether oxygens (including phenoxy) is 3. The van der Waals surface area contributed by atoms with Gasteiger partial charge >= 0.3 is 5.97 Å². The molecule has 0 aliphatic rings. The van der Waals surface area contributed by atoms with Crippen LogP contribution in [0.2, 0.25) is 5.02 Å². The Morgan fingerprint density at radius 2 is 1.88 bits per heavy atom. The Bertz CT molecular complexity index is 706. The van der Waals surface area contributed by atoms with Crippen LogP contribution in [0.25, 0.3) is 0 Å². The highest BCUT2D eigenvalue weighted by atomic mass is 35.5. The molecule has 0 saturated carbocycles. The molecule has 0 spiro atoms. The van der Waals surface area contributed by atoms with Gasteiger partial charge in [-0.05, 0) is 24.3 Å². The first kappa shape index (κ1) is 17.6. The molecule has 0 unspecified atom stereocenters. The fraction of sp³-hybridized carbons (Fsp3) is 0.188. The summed E-state index contributed by atoms with van der Waals surface area (Å²) in [6.07, 6.45) is 1.39. The maximum atomic E-state index is 11.7. The van der Waals surface area contributed by atoms with Crippen molar-refractivity contribution in [1.29, 1.82) is 0 Å². The Morgan fingerprint density at radius 1 is 1.12 bits per heavy atom. The van der Waals surface area contributed by atoms with E-state index in [0.717, 1.165) is 0 Å². The largest absolute Gasteiger partial charge is 0.493 e. The van der Waals surface area contributed by atoms with E-state index in [2.05, 4.69) is 10.3 Å². The standard InChI is InChI=1S/C16H15ClN2O5/c1-22-12-4-2-3-5-13(12)23-10-16(21)24-9-15(20)19-14-7-6-11(17)8-18-14/h2-8H,9-10H2,1H3,(H,18,19,20). The van der Waals surface area contributed by atoms with Crippen LogP contribution in [-0.4, -0.2) is 37.2 Å². The summed E-state index contributed by atoms with van der Waals surface area (Å²) in [5, 5.41) is 2.92. The smallest absolute Gasteiger partial charge is 0.344 e. The van der Waals surface area contributed by atoms with Crippen molar-refractivity contribution in [1.82, 2.24) is 4.98 Å². The van der Waals surface area contributed by atoms with Crippen molar-refractivity contribution < 1.29 is 23.8 Å². The van der Waals surface area contributed by atoms with Crippen molar-refractivity contribution in [3.05, 3.63) is 47.6 Å². The van der Waals surface area contributed by atoms with Gasteiger partial charge in [0, 0.05) is 6.20 Å². The van der Waals surface area contributed by atoms with E-state index in [1.165, 1.54) is 19.4 Å². The van der Waals surface area contributed by atoms with Gasteiger partial charge in [0.15, 0.2) is 24.7 Å². The van der Waals surface area contributed by atoms with Crippen LogP contribution in [-0.2, 0) is 14.3 Å². The molecule has 8 heteroatoms. The number of carbonyl (C=O) groups is 2. The Kier molecular flexibility index (Phi) is 6.39. The quantitative estimate of drug-likeness (QED) is 0.771. The molecule has 7 nitrogen and oxygen atoms in total. The number of amides is 1. The molecule has 1 aromatic carbocycles. The average Bonchev–Trinajstić information content (AvgIpc) is 2.60. The van der Waals surface area contributed by atoms with E-state index >= 15 is 0 Å². The van der Waals surface area contributed by atoms with Gasteiger partial charge in [-0.25, -0.2) is 9.78 Å². The molecule has 0 fully saturated rings. The lowest BCUT2D eigenvalue weighted by atomic mass is 10.3. The third-order valence-corrected chi connectivity index (χ3v) is 3.00. The van der Waals surface area contributed by atoms with Gasteiger partial charge < -0.3 is 19.5 Å². The highest BCUT2D eigenvalue weighted by Crippen LogP contribution is 2.25. The first-order valence-electron chi connectivity index (χ1n) is 6.91. The zero-order chi connectivity index (χ0) is 17.4. The first-order valence-corrected chi connectivity index (χ1v) is 7.29. The Labute approximate surface area is 143 Å². The van der Waals surface area contributed by atoms with Crippen LogP contribution in [0, 0.1) is 0 Å². The van der Waals surface area contributed by atoms with E-state index in [-0.39, 0.29) is 6.61 Å². The van der Waals surface area contributed by atoms with E-state index < -0.39 is 18.5 Å². The summed E-state index contributed by atoms with van der Waals surface area (Å²) in [5.41, 5.74) is 0. The molecular weight excluding hydrogens is 336 g/mol. The number of aromatic nitrogens is 1. The molecular formula is C16H15ClN2O5. The molecule has 0 saturated heterocycles. The number of nitrogens with one attached hydrogen (secondary N) is 1. The predicted octanol–water partition coefficient (Wildman–Crippen LogP) is 2.30. The average molecular weight is 351 g/mol. The second-order valence-corrected chi connectivity index (χ2v) is 4.95. The van der Waals surface area contributed by atoms with Crippen LogP contribution in [0.5, 0.6) is 11.5 Å². The summed E-state index contributed by atoms with van der Waals surface area (Å²) < 4.78 is 15.2. The van der Waals surface area contributed by atoms with Crippen molar-refractivity contribution in [2.24, 2.45) is 0 Å². The molecule has 24 heavy (non-hydrogen) atoms. The van der Waals surface area contributed by atoms with Crippen molar-refractivity contribution in [3.63, 3.8) is 0 Å². The molecule has 0 aliphatic carbocycles. The number of methoxy groups -OCH3 is 1. The van der Waals surface area contributed by atoms with E-state index in [4.69, 9.17) is 25.8 Å². The minimum Gasteiger partial charge on any atom is -0.493 e. The van der Waals surface area contributed by atoms with Crippen molar-refractivity contribution in [2.75, 3.05) is 25.6 Å². The number of anilines is 1. The van der Waals surface area contributed by atoms with Crippen molar-refractivity contribution in [3.8, 4) is 11.5 Å². The maximum absolute atomic E-state index is 11.7. The van der Waals surface area contributed by atoms with Crippen LogP contribution in [0.4, 0.5) is 5.82 Å². The second-order valence-electron chi connectivity index (χ2n) is 4.51. The van der Waals surface area contributed by atoms with E-state index in [9.17, 15) is 9.59 Å². The highest BCUT2D eigenvalue weighted by Gasteiger charge is 2.11. The molecule has 0 radical (unpaired) electrons. The molecule has 1 amide bonds. The summed E-state index contributed by atoms with van der Waals surface area (Å²) >= 11 is 5.69. The topological polar surface area (TPSA) is 86.8 Å². The molecule has 2 rings (SSSR count). The number of pyridine rings is 1. The highest BCUT2D eigenvalue weighted by molar-refractivity contribution is 6.30. The van der Waals surface area contributed by atoms with Crippen LogP contribution in [0.3, 0.4) is 0 Å². The number of benzene rings is 1. The normalized spacial score (nSPS) is 9.92. The molecule has 1 N–H and O–H groups in total. The SMILES string of the molecule is COc1ccccc1OCC(=O)OCC(=O)Nc1ccc(Cl)cn1. The number of nitrogens with zero attached hydrogens (tertiary/aromatic N) is 1. The minimum absolute atomic E-state index is 0.311. The summed E-state index contributed by atoms with van der Waals surface area (Å²) in [5.74, 6) is 0.0185. The third-order valence-electron chi connectivity index (χ3n) is 2.77. The van der Waals surface area contributed by atoms with Crippen molar-refractivity contribution >= 4 is 29.3 Å². The minimum atomic E-state index is -0.680. The fourth-order valence-corrected chi connectivity index (χ4v) is 1.80. The van der Waals surface area contributed by atoms with Gasteiger partial charge in [-0.1, -0.05) is 23.7 Å². The monoisotopic (exact) mass is 350 g/mol. The van der Waals surface area contributed by atoms with Crippen LogP contribution in [0.1, 0.15) is 0 Å². The van der Waals surface area contributed by atoms with Crippen LogP contribution >= 0.6 is 11.6 Å². The first-order chi connectivity index (χ1) is 11.6. The molecule has 126 valence electrons. The lowest BCUT2D eigenvalue weighted by Gasteiger charge is -2.10. The van der Waals surface area contributed by atoms with Gasteiger partial charge in [0.1, 0.15) is 5.82 Å². The van der Waals surface area contributed by atoms with Crippen molar-refractivity contribution in [2.45, 2.75) is 0 Å². The zero-order valence-electron chi connectivity index (χ0n) is 12.8. The van der Waals surface area contributed by atoms with Crippen LogP contribution < -0.4 is 14.8 Å². The number of para-hydroxylation sites is 2. The Balaban J connectivity index is 1.74. The second kappa shape index (κ2) is 8.73. The number of hydrogen-bond acceptors (Lipinski definition) is 6. The lowest BCUT2D eigenvalue weighted by Crippen LogP contribution is -2.24. The zero-order valence-corrected chi connectivity index (χ0v) is 13.6. The summed E-state index contributed by atoms with van der Waals surface area (Å²) in [6.45, 7) is -0.786. The number of esters is 1.